The Balaban J connectivity index is 1.92. The second kappa shape index (κ2) is 5.81. The third-order valence-corrected chi connectivity index (χ3v) is 3.77. The molecule has 2 aliphatic heterocycles. The standard InChI is InChI=1S/C16H17FN2O3/c1-19(5-6-21-2)11-8-14(22-9-11)15-12-4-3-10(17)7-13(12)18-16(15)20/h3-4,7-8H,5-6,9H2,1-2H3,(H,18,20)/b15-14+. The fraction of sp³-hybridized carbons (Fsp3) is 0.312. The molecule has 0 radical (unpaired) electrons. The third kappa shape index (κ3) is 2.57. The molecule has 1 N–H and O–H groups in total. The minimum atomic E-state index is -0.381. The zero-order valence-corrected chi connectivity index (χ0v) is 12.5. The number of likely N-dealkylation sites (N-methyl/N-ethyl adjacent to an activating group) is 1. The van der Waals surface area contributed by atoms with Crippen molar-refractivity contribution in [2.75, 3.05) is 39.2 Å². The first-order valence-corrected chi connectivity index (χ1v) is 6.99. The lowest BCUT2D eigenvalue weighted by atomic mass is 10.1. The second-order valence-electron chi connectivity index (χ2n) is 5.22. The van der Waals surface area contributed by atoms with Crippen LogP contribution in [-0.4, -0.2) is 44.7 Å². The number of allylic oxidation sites excluding steroid dienone is 1. The van der Waals surface area contributed by atoms with Gasteiger partial charge in [-0.15, -0.1) is 0 Å². The maximum absolute atomic E-state index is 13.3. The smallest absolute Gasteiger partial charge is 0.260 e. The Kier molecular flexibility index (Phi) is 3.85. The minimum Gasteiger partial charge on any atom is -0.486 e. The van der Waals surface area contributed by atoms with Crippen molar-refractivity contribution in [1.29, 1.82) is 0 Å². The van der Waals surface area contributed by atoms with Gasteiger partial charge in [0.05, 0.1) is 23.6 Å². The van der Waals surface area contributed by atoms with Crippen molar-refractivity contribution >= 4 is 17.2 Å². The van der Waals surface area contributed by atoms with Gasteiger partial charge in [-0.05, 0) is 18.2 Å². The summed E-state index contributed by atoms with van der Waals surface area (Å²) >= 11 is 0. The highest BCUT2D eigenvalue weighted by molar-refractivity contribution is 6.32. The molecule has 3 rings (SSSR count). The molecule has 0 saturated carbocycles. The van der Waals surface area contributed by atoms with Crippen molar-refractivity contribution in [1.82, 2.24) is 4.90 Å². The summed E-state index contributed by atoms with van der Waals surface area (Å²) < 4.78 is 24.0. The zero-order chi connectivity index (χ0) is 15.7. The lowest BCUT2D eigenvalue weighted by molar-refractivity contribution is -0.110. The van der Waals surface area contributed by atoms with Crippen LogP contribution in [0.5, 0.6) is 0 Å². The molecule has 2 aliphatic rings. The van der Waals surface area contributed by atoms with E-state index in [4.69, 9.17) is 9.47 Å². The quantitative estimate of drug-likeness (QED) is 0.864. The molecule has 1 aromatic carbocycles. The highest BCUT2D eigenvalue weighted by Gasteiger charge is 2.30. The van der Waals surface area contributed by atoms with Crippen LogP contribution in [0.3, 0.4) is 0 Å². The largest absolute Gasteiger partial charge is 0.486 e. The molecule has 0 aliphatic carbocycles. The van der Waals surface area contributed by atoms with Crippen LogP contribution in [0.1, 0.15) is 5.56 Å². The van der Waals surface area contributed by atoms with Crippen LogP contribution in [-0.2, 0) is 14.3 Å². The number of nitrogens with zero attached hydrogens (tertiary/aromatic N) is 1. The fourth-order valence-corrected chi connectivity index (χ4v) is 2.51. The topological polar surface area (TPSA) is 50.8 Å². The molecule has 0 atom stereocenters. The molecule has 2 heterocycles. The van der Waals surface area contributed by atoms with Crippen molar-refractivity contribution in [3.05, 3.63) is 47.1 Å². The van der Waals surface area contributed by atoms with Gasteiger partial charge in [0, 0.05) is 32.3 Å². The predicted octanol–water partition coefficient (Wildman–Crippen LogP) is 1.98. The number of carbonyl (C=O) groups excluding carboxylic acids is 1. The Morgan fingerprint density at radius 3 is 3.05 bits per heavy atom. The number of ether oxygens (including phenoxy) is 2. The van der Waals surface area contributed by atoms with Gasteiger partial charge in [0.2, 0.25) is 0 Å². The average Bonchev–Trinajstić information content (AvgIpc) is 3.07. The number of fused-ring (bicyclic) bond motifs is 1. The third-order valence-electron chi connectivity index (χ3n) is 3.77. The van der Waals surface area contributed by atoms with E-state index in [0.717, 1.165) is 12.2 Å². The minimum absolute atomic E-state index is 0.271. The fourth-order valence-electron chi connectivity index (χ4n) is 2.51. The molecule has 5 nitrogen and oxygen atoms in total. The van der Waals surface area contributed by atoms with E-state index in [1.807, 2.05) is 18.0 Å². The van der Waals surface area contributed by atoms with Crippen LogP contribution < -0.4 is 5.32 Å². The summed E-state index contributed by atoms with van der Waals surface area (Å²) in [4.78, 5) is 14.2. The molecule has 0 spiro atoms. The molecule has 0 bridgehead atoms. The maximum atomic E-state index is 13.3. The Hall–Kier alpha value is -2.34. The zero-order valence-electron chi connectivity index (χ0n) is 12.5. The van der Waals surface area contributed by atoms with E-state index in [2.05, 4.69) is 5.32 Å². The average molecular weight is 304 g/mol. The van der Waals surface area contributed by atoms with Crippen molar-refractivity contribution in [2.24, 2.45) is 0 Å². The highest BCUT2D eigenvalue weighted by Crippen LogP contribution is 2.36. The van der Waals surface area contributed by atoms with Crippen LogP contribution in [0.25, 0.3) is 5.57 Å². The number of rotatable bonds is 4. The molecule has 0 fully saturated rings. The van der Waals surface area contributed by atoms with E-state index < -0.39 is 0 Å². The van der Waals surface area contributed by atoms with E-state index >= 15 is 0 Å². The van der Waals surface area contributed by atoms with Crippen LogP contribution in [0.2, 0.25) is 0 Å². The molecular formula is C16H17FN2O3. The summed E-state index contributed by atoms with van der Waals surface area (Å²) in [7, 11) is 3.60. The van der Waals surface area contributed by atoms with Crippen molar-refractivity contribution < 1.29 is 18.7 Å². The van der Waals surface area contributed by atoms with Crippen molar-refractivity contribution in [3.63, 3.8) is 0 Å². The van der Waals surface area contributed by atoms with Crippen molar-refractivity contribution in [3.8, 4) is 0 Å². The number of carbonyl (C=O) groups is 1. The van der Waals surface area contributed by atoms with Gasteiger partial charge < -0.3 is 19.7 Å². The number of anilines is 1. The first-order chi connectivity index (χ1) is 10.6. The van der Waals surface area contributed by atoms with Gasteiger partial charge >= 0.3 is 0 Å². The summed E-state index contributed by atoms with van der Waals surface area (Å²) in [5, 5.41) is 2.66. The highest BCUT2D eigenvalue weighted by atomic mass is 19.1. The molecule has 6 heteroatoms. The summed E-state index contributed by atoms with van der Waals surface area (Å²) in [6.07, 6.45) is 1.85. The Morgan fingerprint density at radius 1 is 1.45 bits per heavy atom. The maximum Gasteiger partial charge on any atom is 0.260 e. The summed E-state index contributed by atoms with van der Waals surface area (Å²) in [5.74, 6) is -0.136. The van der Waals surface area contributed by atoms with Gasteiger partial charge in [0.25, 0.3) is 5.91 Å². The van der Waals surface area contributed by atoms with E-state index in [1.165, 1.54) is 12.1 Å². The first-order valence-electron chi connectivity index (χ1n) is 6.99. The van der Waals surface area contributed by atoms with Crippen LogP contribution in [0.15, 0.2) is 35.7 Å². The van der Waals surface area contributed by atoms with Crippen LogP contribution >= 0.6 is 0 Å². The number of methoxy groups -OCH3 is 1. The Labute approximate surface area is 128 Å². The van der Waals surface area contributed by atoms with Gasteiger partial charge in [-0.25, -0.2) is 4.39 Å². The summed E-state index contributed by atoms with van der Waals surface area (Å²) in [5.41, 5.74) is 2.57. The number of amides is 1. The van der Waals surface area contributed by atoms with E-state index in [9.17, 15) is 9.18 Å². The van der Waals surface area contributed by atoms with Gasteiger partial charge in [-0.2, -0.15) is 0 Å². The predicted molar refractivity (Wildman–Crippen MR) is 80.5 cm³/mol. The number of hydrogen-bond acceptors (Lipinski definition) is 4. The second-order valence-corrected chi connectivity index (χ2v) is 5.22. The molecule has 22 heavy (non-hydrogen) atoms. The molecule has 0 saturated heterocycles. The molecule has 0 unspecified atom stereocenters. The lowest BCUT2D eigenvalue weighted by Crippen LogP contribution is -2.22. The van der Waals surface area contributed by atoms with E-state index in [1.54, 1.807) is 13.2 Å². The monoisotopic (exact) mass is 304 g/mol. The van der Waals surface area contributed by atoms with Crippen molar-refractivity contribution in [2.45, 2.75) is 0 Å². The first kappa shape index (κ1) is 14.6. The molecular weight excluding hydrogens is 287 g/mol. The number of halogens is 1. The number of benzene rings is 1. The lowest BCUT2D eigenvalue weighted by Gasteiger charge is -2.18. The molecule has 1 amide bonds. The van der Waals surface area contributed by atoms with Crippen LogP contribution in [0, 0.1) is 5.82 Å². The normalized spacial score (nSPS) is 19.6. The van der Waals surface area contributed by atoms with Gasteiger partial charge in [-0.3, -0.25) is 4.79 Å². The van der Waals surface area contributed by atoms with E-state index in [-0.39, 0.29) is 11.7 Å². The van der Waals surface area contributed by atoms with Gasteiger partial charge in [-0.1, -0.05) is 0 Å². The van der Waals surface area contributed by atoms with Crippen LogP contribution in [0.4, 0.5) is 10.1 Å². The SMILES string of the molecule is COCCN(C)C1=C/C(=C2\C(=O)Nc3cc(F)ccc32)OC1. The molecule has 1 aromatic rings. The molecule has 116 valence electrons. The number of hydrogen-bond donors (Lipinski definition) is 1. The summed E-state index contributed by atoms with van der Waals surface area (Å²) in [6, 6.07) is 4.24. The van der Waals surface area contributed by atoms with E-state index in [0.29, 0.717) is 35.8 Å². The Morgan fingerprint density at radius 2 is 2.27 bits per heavy atom. The molecule has 0 aromatic heterocycles. The van der Waals surface area contributed by atoms with Gasteiger partial charge in [0.1, 0.15) is 18.2 Å². The Bertz CT molecular complexity index is 682. The number of nitrogens with one attached hydrogen (secondary N) is 1. The van der Waals surface area contributed by atoms with Gasteiger partial charge in [0.15, 0.2) is 0 Å². The summed E-state index contributed by atoms with van der Waals surface area (Å²) in [6.45, 7) is 1.76.